The van der Waals surface area contributed by atoms with E-state index in [2.05, 4.69) is 20.9 Å². The minimum Gasteiger partial charge on any atom is -0.497 e. The summed E-state index contributed by atoms with van der Waals surface area (Å²) in [5, 5.41) is 20.4. The van der Waals surface area contributed by atoms with Gasteiger partial charge in [-0.15, -0.1) is 24.0 Å². The molecule has 0 radical (unpaired) electrons. The number of benzene rings is 2. The third-order valence-corrected chi connectivity index (χ3v) is 3.68. The predicted octanol–water partition coefficient (Wildman–Crippen LogP) is 3.00. The fraction of sp³-hybridized carbons (Fsp3) is 0.278. The van der Waals surface area contributed by atoms with E-state index in [4.69, 9.17) is 4.74 Å². The molecule has 0 saturated carbocycles. The lowest BCUT2D eigenvalue weighted by atomic mass is 10.2. The Hall–Kier alpha value is -2.56. The number of hydrogen-bond acceptors (Lipinski definition) is 5. The lowest BCUT2D eigenvalue weighted by Gasteiger charge is -2.13. The Bertz CT molecular complexity index is 753. The Morgan fingerprint density at radius 2 is 1.81 bits per heavy atom. The maximum atomic E-state index is 11.0. The molecule has 0 bridgehead atoms. The van der Waals surface area contributed by atoms with Gasteiger partial charge in [-0.05, 0) is 23.8 Å². The molecule has 0 aliphatic carbocycles. The number of nitro benzene ring substituents is 1. The molecule has 2 rings (SSSR count). The molecule has 8 nitrogen and oxygen atoms in total. The van der Waals surface area contributed by atoms with Gasteiger partial charge < -0.3 is 20.7 Å². The summed E-state index contributed by atoms with van der Waals surface area (Å²) in [5.74, 6) is 1.47. The summed E-state index contributed by atoms with van der Waals surface area (Å²) in [7, 11) is 3.33. The molecule has 0 amide bonds. The highest BCUT2D eigenvalue weighted by Crippen LogP contribution is 2.22. The van der Waals surface area contributed by atoms with Crippen molar-refractivity contribution in [2.45, 2.75) is 6.54 Å². The first-order chi connectivity index (χ1) is 12.6. The molecule has 0 fully saturated rings. The number of para-hydroxylation sites is 2. The van der Waals surface area contributed by atoms with Gasteiger partial charge in [-0.2, -0.15) is 0 Å². The average molecular weight is 485 g/mol. The van der Waals surface area contributed by atoms with Crippen molar-refractivity contribution in [2.75, 3.05) is 32.6 Å². The Morgan fingerprint density at radius 1 is 1.11 bits per heavy atom. The van der Waals surface area contributed by atoms with Crippen molar-refractivity contribution in [2.24, 2.45) is 4.99 Å². The van der Waals surface area contributed by atoms with E-state index < -0.39 is 4.92 Å². The summed E-state index contributed by atoms with van der Waals surface area (Å²) in [4.78, 5) is 14.7. The van der Waals surface area contributed by atoms with E-state index in [0.29, 0.717) is 31.3 Å². The van der Waals surface area contributed by atoms with E-state index in [-0.39, 0.29) is 29.7 Å². The van der Waals surface area contributed by atoms with Crippen molar-refractivity contribution in [3.63, 3.8) is 0 Å². The molecule has 0 aromatic heterocycles. The summed E-state index contributed by atoms with van der Waals surface area (Å²) in [5.41, 5.74) is 1.67. The predicted molar refractivity (Wildman–Crippen MR) is 118 cm³/mol. The van der Waals surface area contributed by atoms with Crippen LogP contribution in [0.25, 0.3) is 0 Å². The Morgan fingerprint density at radius 3 is 2.44 bits per heavy atom. The van der Waals surface area contributed by atoms with Gasteiger partial charge in [0.2, 0.25) is 0 Å². The van der Waals surface area contributed by atoms with E-state index >= 15 is 0 Å². The number of nitrogens with zero attached hydrogens (tertiary/aromatic N) is 2. The fourth-order valence-corrected chi connectivity index (χ4v) is 2.31. The highest BCUT2D eigenvalue weighted by atomic mass is 127. The second-order valence-corrected chi connectivity index (χ2v) is 5.40. The van der Waals surface area contributed by atoms with E-state index in [0.717, 1.165) is 11.3 Å². The molecular weight excluding hydrogens is 461 g/mol. The van der Waals surface area contributed by atoms with Crippen molar-refractivity contribution in [1.82, 2.24) is 10.6 Å². The number of ether oxygens (including phenoxy) is 1. The number of nitro groups is 1. The quantitative estimate of drug-likeness (QED) is 0.133. The molecule has 0 aliphatic heterocycles. The summed E-state index contributed by atoms with van der Waals surface area (Å²) in [6.07, 6.45) is 0. The minimum absolute atomic E-state index is 0. The SMILES string of the molecule is CN=C(NCCNc1ccccc1[N+](=O)[O-])NCc1ccc(OC)cc1.I. The van der Waals surface area contributed by atoms with E-state index in [1.54, 1.807) is 32.4 Å². The van der Waals surface area contributed by atoms with E-state index in [1.165, 1.54) is 6.07 Å². The molecule has 3 N–H and O–H groups in total. The summed E-state index contributed by atoms with van der Waals surface area (Å²) >= 11 is 0. The lowest BCUT2D eigenvalue weighted by molar-refractivity contribution is -0.384. The van der Waals surface area contributed by atoms with Gasteiger partial charge in [0.1, 0.15) is 11.4 Å². The number of anilines is 1. The van der Waals surface area contributed by atoms with Crippen molar-refractivity contribution < 1.29 is 9.66 Å². The standard InChI is InChI=1S/C18H23N5O3.HI/c1-19-18(22-13-14-7-9-15(26-2)10-8-14)21-12-11-20-16-5-3-4-6-17(16)23(24)25;/h3-10,20H,11-13H2,1-2H3,(H2,19,21,22);1H. The van der Waals surface area contributed by atoms with E-state index in [1.807, 2.05) is 24.3 Å². The molecule has 0 spiro atoms. The van der Waals surface area contributed by atoms with Gasteiger partial charge in [0, 0.05) is 32.7 Å². The zero-order chi connectivity index (χ0) is 18.8. The van der Waals surface area contributed by atoms with Crippen LogP contribution in [0.15, 0.2) is 53.5 Å². The van der Waals surface area contributed by atoms with Gasteiger partial charge in [-0.3, -0.25) is 15.1 Å². The third-order valence-electron chi connectivity index (χ3n) is 3.68. The number of methoxy groups -OCH3 is 1. The number of hydrogen-bond donors (Lipinski definition) is 3. The zero-order valence-corrected chi connectivity index (χ0v) is 17.6. The minimum atomic E-state index is -0.398. The van der Waals surface area contributed by atoms with Gasteiger partial charge in [0.15, 0.2) is 5.96 Å². The molecule has 0 heterocycles. The second kappa shape index (κ2) is 11.9. The van der Waals surface area contributed by atoms with Crippen LogP contribution >= 0.6 is 24.0 Å². The van der Waals surface area contributed by atoms with Crippen LogP contribution in [0.3, 0.4) is 0 Å². The number of guanidine groups is 1. The fourth-order valence-electron chi connectivity index (χ4n) is 2.31. The van der Waals surface area contributed by atoms with Crippen LogP contribution in [0.4, 0.5) is 11.4 Å². The highest BCUT2D eigenvalue weighted by molar-refractivity contribution is 14.0. The van der Waals surface area contributed by atoms with Crippen LogP contribution in [0.2, 0.25) is 0 Å². The van der Waals surface area contributed by atoms with Gasteiger partial charge in [-0.25, -0.2) is 0 Å². The van der Waals surface area contributed by atoms with E-state index in [9.17, 15) is 10.1 Å². The van der Waals surface area contributed by atoms with Gasteiger partial charge in [0.05, 0.1) is 12.0 Å². The van der Waals surface area contributed by atoms with Crippen molar-refractivity contribution >= 4 is 41.3 Å². The van der Waals surface area contributed by atoms with Gasteiger partial charge >= 0.3 is 0 Å². The number of halogens is 1. The number of aliphatic imine (C=N–C) groups is 1. The average Bonchev–Trinajstić information content (AvgIpc) is 2.68. The summed E-state index contributed by atoms with van der Waals surface area (Å²) in [6.45, 7) is 1.71. The summed E-state index contributed by atoms with van der Waals surface area (Å²) < 4.78 is 5.14. The first kappa shape index (κ1) is 22.5. The van der Waals surface area contributed by atoms with Crippen LogP contribution in [-0.2, 0) is 6.54 Å². The lowest BCUT2D eigenvalue weighted by Crippen LogP contribution is -2.39. The molecule has 0 saturated heterocycles. The monoisotopic (exact) mass is 485 g/mol. The maximum Gasteiger partial charge on any atom is 0.292 e. The molecule has 146 valence electrons. The smallest absolute Gasteiger partial charge is 0.292 e. The molecule has 2 aromatic rings. The number of rotatable bonds is 8. The maximum absolute atomic E-state index is 11.0. The van der Waals surface area contributed by atoms with Crippen molar-refractivity contribution in [3.8, 4) is 5.75 Å². The van der Waals surface area contributed by atoms with Gasteiger partial charge in [-0.1, -0.05) is 24.3 Å². The van der Waals surface area contributed by atoms with Gasteiger partial charge in [0.25, 0.3) is 5.69 Å². The zero-order valence-electron chi connectivity index (χ0n) is 15.3. The number of nitrogens with one attached hydrogen (secondary N) is 3. The summed E-state index contributed by atoms with van der Waals surface area (Å²) in [6, 6.07) is 14.3. The molecule has 2 aromatic carbocycles. The highest BCUT2D eigenvalue weighted by Gasteiger charge is 2.11. The largest absolute Gasteiger partial charge is 0.497 e. The van der Waals surface area contributed by atoms with Crippen LogP contribution in [-0.4, -0.2) is 38.1 Å². The Kier molecular flexibility index (Phi) is 9.94. The second-order valence-electron chi connectivity index (χ2n) is 5.40. The molecule has 0 atom stereocenters. The van der Waals surface area contributed by atoms with Crippen LogP contribution < -0.4 is 20.7 Å². The topological polar surface area (TPSA) is 101 Å². The molecule has 0 unspecified atom stereocenters. The van der Waals surface area contributed by atoms with Crippen LogP contribution in [0.5, 0.6) is 5.75 Å². The Labute approximate surface area is 175 Å². The normalized spacial score (nSPS) is 10.5. The first-order valence-corrected chi connectivity index (χ1v) is 8.18. The Balaban J connectivity index is 0.00000364. The van der Waals surface area contributed by atoms with Crippen molar-refractivity contribution in [3.05, 3.63) is 64.2 Å². The molecule has 9 heteroatoms. The first-order valence-electron chi connectivity index (χ1n) is 8.18. The third kappa shape index (κ3) is 7.29. The molecule has 27 heavy (non-hydrogen) atoms. The van der Waals surface area contributed by atoms with Crippen molar-refractivity contribution in [1.29, 1.82) is 0 Å². The van der Waals surface area contributed by atoms with Crippen LogP contribution in [0, 0.1) is 10.1 Å². The van der Waals surface area contributed by atoms with Crippen LogP contribution in [0.1, 0.15) is 5.56 Å². The molecule has 0 aliphatic rings. The molecular formula is C18H24IN5O3.